The average molecular weight is 308 g/mol. The zero-order valence-corrected chi connectivity index (χ0v) is 13.2. The van der Waals surface area contributed by atoms with Crippen molar-refractivity contribution in [2.24, 2.45) is 0 Å². The van der Waals surface area contributed by atoms with Gasteiger partial charge in [0.2, 0.25) is 0 Å². The quantitative estimate of drug-likeness (QED) is 0.409. The van der Waals surface area contributed by atoms with Gasteiger partial charge in [0, 0.05) is 18.2 Å². The summed E-state index contributed by atoms with van der Waals surface area (Å²) in [6.45, 7) is 0.832. The molecule has 0 aromatic heterocycles. The van der Waals surface area contributed by atoms with Gasteiger partial charge < -0.3 is 19.3 Å². The zero-order valence-electron chi connectivity index (χ0n) is 13.2. The van der Waals surface area contributed by atoms with Crippen LogP contribution in [0.4, 0.5) is 0 Å². The summed E-state index contributed by atoms with van der Waals surface area (Å²) in [5.41, 5.74) is 0.764. The Morgan fingerprint density at radius 3 is 2.64 bits per heavy atom. The molecule has 5 nitrogen and oxygen atoms in total. The predicted octanol–water partition coefficient (Wildman–Crippen LogP) is 2.81. The predicted molar refractivity (Wildman–Crippen MR) is 85.1 cm³/mol. The molecule has 5 heteroatoms. The molecular weight excluding hydrogens is 284 g/mol. The summed E-state index contributed by atoms with van der Waals surface area (Å²) in [4.78, 5) is 11.2. The van der Waals surface area contributed by atoms with Crippen molar-refractivity contribution in [2.75, 3.05) is 27.4 Å². The Bertz CT molecular complexity index is 482. The maximum Gasteiger partial charge on any atom is 0.330 e. The third-order valence-electron chi connectivity index (χ3n) is 3.13. The highest BCUT2D eigenvalue weighted by molar-refractivity contribution is 5.87. The van der Waals surface area contributed by atoms with Crippen LogP contribution in [-0.2, 0) is 9.53 Å². The van der Waals surface area contributed by atoms with Crippen molar-refractivity contribution in [1.82, 2.24) is 0 Å². The van der Waals surface area contributed by atoms with Crippen LogP contribution in [0.3, 0.4) is 0 Å². The molecule has 0 saturated heterocycles. The number of rotatable bonds is 10. The van der Waals surface area contributed by atoms with Gasteiger partial charge in [-0.25, -0.2) is 4.79 Å². The van der Waals surface area contributed by atoms with Gasteiger partial charge in [0.05, 0.1) is 20.8 Å². The van der Waals surface area contributed by atoms with E-state index in [2.05, 4.69) is 4.74 Å². The van der Waals surface area contributed by atoms with Gasteiger partial charge in [0.15, 0.2) is 0 Å². The molecule has 0 bridgehead atoms. The molecule has 0 heterocycles. The standard InChI is InChI=1S/C17H24O5/c1-20-15-8-9-16(22-12-6-4-3-5-11-18)14(13-15)7-10-17(19)21-2/h7-10,13,18H,3-6,11-12H2,1-2H3. The molecule has 0 aliphatic heterocycles. The highest BCUT2D eigenvalue weighted by atomic mass is 16.5. The van der Waals surface area contributed by atoms with Crippen molar-refractivity contribution in [1.29, 1.82) is 0 Å². The van der Waals surface area contributed by atoms with Gasteiger partial charge in [-0.1, -0.05) is 6.42 Å². The average Bonchev–Trinajstić information content (AvgIpc) is 2.56. The molecule has 1 rings (SSSR count). The second-order valence-electron chi connectivity index (χ2n) is 4.75. The number of unbranched alkanes of at least 4 members (excludes halogenated alkanes) is 3. The molecule has 0 atom stereocenters. The highest BCUT2D eigenvalue weighted by Crippen LogP contribution is 2.25. The van der Waals surface area contributed by atoms with Crippen LogP contribution in [0.25, 0.3) is 6.08 Å². The van der Waals surface area contributed by atoms with Crippen molar-refractivity contribution in [2.45, 2.75) is 25.7 Å². The SMILES string of the molecule is COC(=O)C=Cc1cc(OC)ccc1OCCCCCCO. The van der Waals surface area contributed by atoms with Crippen molar-refractivity contribution in [3.05, 3.63) is 29.8 Å². The number of carbonyl (C=O) groups excluding carboxylic acids is 1. The van der Waals surface area contributed by atoms with E-state index in [1.165, 1.54) is 13.2 Å². The number of hydrogen-bond donors (Lipinski definition) is 1. The van der Waals surface area contributed by atoms with Crippen LogP contribution in [0.2, 0.25) is 0 Å². The van der Waals surface area contributed by atoms with E-state index in [0.29, 0.717) is 18.1 Å². The van der Waals surface area contributed by atoms with Crippen molar-refractivity contribution >= 4 is 12.0 Å². The molecule has 1 aromatic rings. The maximum atomic E-state index is 11.2. The lowest BCUT2D eigenvalue weighted by molar-refractivity contribution is -0.134. The number of methoxy groups -OCH3 is 2. The molecule has 0 saturated carbocycles. The zero-order chi connectivity index (χ0) is 16.2. The van der Waals surface area contributed by atoms with Crippen LogP contribution in [-0.4, -0.2) is 38.5 Å². The number of hydrogen-bond acceptors (Lipinski definition) is 5. The van der Waals surface area contributed by atoms with Gasteiger partial charge in [0.1, 0.15) is 11.5 Å². The summed E-state index contributed by atoms with van der Waals surface area (Å²) in [7, 11) is 2.92. The maximum absolute atomic E-state index is 11.2. The molecule has 22 heavy (non-hydrogen) atoms. The van der Waals surface area contributed by atoms with E-state index in [1.54, 1.807) is 19.3 Å². The Labute approximate surface area is 131 Å². The third-order valence-corrected chi connectivity index (χ3v) is 3.13. The summed E-state index contributed by atoms with van der Waals surface area (Å²) in [5, 5.41) is 8.72. The number of carbonyl (C=O) groups is 1. The number of esters is 1. The lowest BCUT2D eigenvalue weighted by Gasteiger charge is -2.11. The van der Waals surface area contributed by atoms with Gasteiger partial charge in [-0.3, -0.25) is 0 Å². The Morgan fingerprint density at radius 1 is 1.18 bits per heavy atom. The Morgan fingerprint density at radius 2 is 1.95 bits per heavy atom. The van der Waals surface area contributed by atoms with E-state index < -0.39 is 5.97 Å². The second kappa shape index (κ2) is 10.7. The Balaban J connectivity index is 2.63. The minimum absolute atomic E-state index is 0.238. The molecule has 0 radical (unpaired) electrons. The van der Waals surface area contributed by atoms with E-state index in [-0.39, 0.29) is 6.61 Å². The lowest BCUT2D eigenvalue weighted by Crippen LogP contribution is -2.00. The first-order valence-corrected chi connectivity index (χ1v) is 7.39. The van der Waals surface area contributed by atoms with Crippen LogP contribution in [0.5, 0.6) is 11.5 Å². The summed E-state index contributed by atoms with van der Waals surface area (Å²) >= 11 is 0. The normalized spacial score (nSPS) is 10.7. The molecule has 0 spiro atoms. The summed E-state index contributed by atoms with van der Waals surface area (Å²) in [6.07, 6.45) is 6.77. The fourth-order valence-corrected chi connectivity index (χ4v) is 1.89. The smallest absolute Gasteiger partial charge is 0.330 e. The molecular formula is C17H24O5. The first-order valence-electron chi connectivity index (χ1n) is 7.39. The van der Waals surface area contributed by atoms with E-state index in [0.717, 1.165) is 31.2 Å². The number of aliphatic hydroxyl groups excluding tert-OH is 1. The highest BCUT2D eigenvalue weighted by Gasteiger charge is 2.04. The topological polar surface area (TPSA) is 65.0 Å². The van der Waals surface area contributed by atoms with Crippen LogP contribution in [0.1, 0.15) is 31.2 Å². The van der Waals surface area contributed by atoms with Gasteiger partial charge in [-0.05, 0) is 43.5 Å². The molecule has 1 aromatic carbocycles. The van der Waals surface area contributed by atoms with Crippen molar-refractivity contribution in [3.63, 3.8) is 0 Å². The lowest BCUT2D eigenvalue weighted by atomic mass is 10.1. The first kappa shape index (κ1) is 18.0. The largest absolute Gasteiger partial charge is 0.497 e. The van der Waals surface area contributed by atoms with Gasteiger partial charge in [-0.2, -0.15) is 0 Å². The summed E-state index contributed by atoms with van der Waals surface area (Å²) in [6, 6.07) is 5.45. The molecule has 0 aliphatic carbocycles. The molecule has 0 unspecified atom stereocenters. The summed E-state index contributed by atoms with van der Waals surface area (Å²) < 4.78 is 15.5. The molecule has 1 N–H and O–H groups in total. The Kier molecular flexibility index (Phi) is 8.76. The molecule has 0 amide bonds. The second-order valence-corrected chi connectivity index (χ2v) is 4.75. The van der Waals surface area contributed by atoms with E-state index in [1.807, 2.05) is 12.1 Å². The fourth-order valence-electron chi connectivity index (χ4n) is 1.89. The van der Waals surface area contributed by atoms with Gasteiger partial charge in [0.25, 0.3) is 0 Å². The van der Waals surface area contributed by atoms with E-state index >= 15 is 0 Å². The first-order chi connectivity index (χ1) is 10.7. The van der Waals surface area contributed by atoms with E-state index in [9.17, 15) is 4.79 Å². The number of aliphatic hydroxyl groups is 1. The summed E-state index contributed by atoms with van der Waals surface area (Å²) in [5.74, 6) is 0.973. The van der Waals surface area contributed by atoms with Crippen molar-refractivity contribution < 1.29 is 24.1 Å². The van der Waals surface area contributed by atoms with Gasteiger partial charge >= 0.3 is 5.97 Å². The Hall–Kier alpha value is -2.01. The van der Waals surface area contributed by atoms with Crippen LogP contribution >= 0.6 is 0 Å². The van der Waals surface area contributed by atoms with Gasteiger partial charge in [-0.15, -0.1) is 0 Å². The number of ether oxygens (including phenoxy) is 3. The minimum atomic E-state index is -0.419. The van der Waals surface area contributed by atoms with Crippen LogP contribution < -0.4 is 9.47 Å². The number of benzene rings is 1. The molecule has 122 valence electrons. The van der Waals surface area contributed by atoms with E-state index in [4.69, 9.17) is 14.6 Å². The molecule has 0 fully saturated rings. The fraction of sp³-hybridized carbons (Fsp3) is 0.471. The molecule has 0 aliphatic rings. The third kappa shape index (κ3) is 6.63. The van der Waals surface area contributed by atoms with Crippen LogP contribution in [0.15, 0.2) is 24.3 Å². The van der Waals surface area contributed by atoms with Crippen molar-refractivity contribution in [3.8, 4) is 11.5 Å². The minimum Gasteiger partial charge on any atom is -0.497 e. The monoisotopic (exact) mass is 308 g/mol. The van der Waals surface area contributed by atoms with Crippen LogP contribution in [0, 0.1) is 0 Å².